The van der Waals surface area contributed by atoms with Crippen molar-refractivity contribution in [1.82, 2.24) is 23.9 Å². The van der Waals surface area contributed by atoms with Crippen molar-refractivity contribution in [2.45, 2.75) is 44.4 Å². The van der Waals surface area contributed by atoms with Crippen molar-refractivity contribution in [3.8, 4) is 0 Å². The lowest BCUT2D eigenvalue weighted by Gasteiger charge is -2.53. The summed E-state index contributed by atoms with van der Waals surface area (Å²) in [6.07, 6.45) is 4.55. The highest BCUT2D eigenvalue weighted by Crippen LogP contribution is 2.62. The highest BCUT2D eigenvalue weighted by Gasteiger charge is 2.54. The molecule has 2 saturated heterocycles. The Morgan fingerprint density at radius 1 is 1.09 bits per heavy atom. The van der Waals surface area contributed by atoms with Crippen LogP contribution in [-0.2, 0) is 36.8 Å². The third-order valence-electron chi connectivity index (χ3n) is 9.08. The number of rotatable bonds is 3. The molecule has 0 aromatic carbocycles. The van der Waals surface area contributed by atoms with E-state index in [0.29, 0.717) is 29.7 Å². The highest BCUT2D eigenvalue weighted by molar-refractivity contribution is 8.44. The van der Waals surface area contributed by atoms with Gasteiger partial charge in [-0.05, 0) is 29.6 Å². The second-order valence-electron chi connectivity index (χ2n) is 11.8. The van der Waals surface area contributed by atoms with E-state index in [-0.39, 0.29) is 36.7 Å². The third-order valence-corrected chi connectivity index (χ3v) is 12.3. The van der Waals surface area contributed by atoms with Crippen LogP contribution in [0.15, 0.2) is 42.3 Å². The molecule has 1 saturated carbocycles. The minimum atomic E-state index is -4.15. The Hall–Kier alpha value is -2.14. The number of aromatic nitrogens is 5. The first-order valence-corrected chi connectivity index (χ1v) is 19.5. The Bertz CT molecular complexity index is 1820. The van der Waals surface area contributed by atoms with E-state index in [2.05, 4.69) is 44.4 Å². The number of hydrogen-bond acceptors (Lipinski definition) is 12. The van der Waals surface area contributed by atoms with E-state index >= 15 is 4.39 Å². The zero-order valence-corrected chi connectivity index (χ0v) is 27.3. The maximum absolute atomic E-state index is 16.2. The molecule has 10 atom stereocenters. The molecule has 1 aliphatic carbocycles. The number of primary amides is 1. The average molecular weight is 702 g/mol. The Labute approximate surface area is 266 Å². The molecule has 3 fully saturated rings. The summed E-state index contributed by atoms with van der Waals surface area (Å²) >= 11 is 8.31. The lowest BCUT2D eigenvalue weighted by molar-refractivity contribution is -0.112. The van der Waals surface area contributed by atoms with Gasteiger partial charge in [0, 0.05) is 25.0 Å². The molecule has 45 heavy (non-hydrogen) atoms. The van der Waals surface area contributed by atoms with Crippen molar-refractivity contribution in [3.05, 3.63) is 37.3 Å². The summed E-state index contributed by atoms with van der Waals surface area (Å²) in [5.41, 5.74) is 6.46. The molecule has 6 heterocycles. The summed E-state index contributed by atoms with van der Waals surface area (Å²) in [6, 6.07) is 0. The topological polar surface area (TPSA) is 184 Å². The molecule has 15 nitrogen and oxygen atoms in total. The summed E-state index contributed by atoms with van der Waals surface area (Å²) < 4.78 is 74.6. The quantitative estimate of drug-likeness (QED) is 0.266. The fourth-order valence-corrected chi connectivity index (χ4v) is 9.35. The molecule has 2 N–H and O–H groups in total. The summed E-state index contributed by atoms with van der Waals surface area (Å²) in [5, 5.41) is 0. The minimum Gasteiger partial charge on any atom is -0.365 e. The SMILES string of the molecule is CC1([C@@H]2C[C@@H]3CO[P@](=O)(S)O[C@H]4[C@@H](F)[C@H](n5cnc6c5ncn5ccnc65)O[C@@H]4CO[P@@](=O)(S)OC[C@H]32)C=CN=C(C(N)=O)C1. The number of fused-ring (bicyclic) bond motifs is 5. The molecule has 3 aromatic rings. The number of allylic oxidation sites excluding steroid dienone is 1. The van der Waals surface area contributed by atoms with Crippen LogP contribution in [0.3, 0.4) is 0 Å². The monoisotopic (exact) mass is 701 g/mol. The number of carbonyl (C=O) groups excluding carboxylic acids is 1. The van der Waals surface area contributed by atoms with Gasteiger partial charge in [-0.1, -0.05) is 37.5 Å². The van der Waals surface area contributed by atoms with E-state index in [1.807, 2.05) is 13.0 Å². The van der Waals surface area contributed by atoms with Crippen molar-refractivity contribution in [3.63, 3.8) is 0 Å². The fourth-order valence-electron chi connectivity index (χ4n) is 6.65. The van der Waals surface area contributed by atoms with Gasteiger partial charge >= 0.3 is 13.6 Å². The van der Waals surface area contributed by atoms with Crippen molar-refractivity contribution in [1.29, 1.82) is 0 Å². The number of carbonyl (C=O) groups is 1. The van der Waals surface area contributed by atoms with Crippen LogP contribution in [0.25, 0.3) is 16.8 Å². The maximum Gasteiger partial charge on any atom is 0.386 e. The van der Waals surface area contributed by atoms with Crippen LogP contribution in [0.2, 0.25) is 0 Å². The Morgan fingerprint density at radius 2 is 1.87 bits per heavy atom. The Morgan fingerprint density at radius 3 is 2.67 bits per heavy atom. The number of amides is 1. The Balaban J connectivity index is 1.12. The van der Waals surface area contributed by atoms with Gasteiger partial charge in [0.15, 0.2) is 29.2 Å². The van der Waals surface area contributed by atoms with Crippen molar-refractivity contribution in [2.24, 2.45) is 33.9 Å². The molecule has 1 unspecified atom stereocenters. The molecule has 4 aliphatic rings. The van der Waals surface area contributed by atoms with Gasteiger partial charge in [-0.15, -0.1) is 0 Å². The minimum absolute atomic E-state index is 0.0398. The van der Waals surface area contributed by atoms with Gasteiger partial charge in [-0.25, -0.2) is 28.5 Å². The van der Waals surface area contributed by atoms with E-state index in [1.54, 1.807) is 23.0 Å². The maximum atomic E-state index is 16.2. The smallest absolute Gasteiger partial charge is 0.365 e. The van der Waals surface area contributed by atoms with Gasteiger partial charge in [-0.2, -0.15) is 0 Å². The largest absolute Gasteiger partial charge is 0.386 e. The number of halogens is 1. The zero-order valence-electron chi connectivity index (χ0n) is 23.7. The zero-order chi connectivity index (χ0) is 31.7. The van der Waals surface area contributed by atoms with Crippen LogP contribution in [0.4, 0.5) is 4.39 Å². The van der Waals surface area contributed by atoms with Crippen LogP contribution in [0, 0.1) is 23.2 Å². The molecule has 7 rings (SSSR count). The number of thiol groups is 2. The van der Waals surface area contributed by atoms with Crippen molar-refractivity contribution in [2.75, 3.05) is 19.8 Å². The van der Waals surface area contributed by atoms with Gasteiger partial charge < -0.3 is 19.5 Å². The van der Waals surface area contributed by atoms with Gasteiger partial charge in [0.05, 0.1) is 26.1 Å². The molecule has 0 radical (unpaired) electrons. The molecular formula is C25H30FN7O8P2S2. The first-order chi connectivity index (χ1) is 21.3. The molecule has 1 amide bonds. The van der Waals surface area contributed by atoms with Crippen LogP contribution in [-0.4, -0.2) is 73.7 Å². The third kappa shape index (κ3) is 5.82. The predicted octanol–water partition coefficient (Wildman–Crippen LogP) is 3.94. The van der Waals surface area contributed by atoms with E-state index in [1.165, 1.54) is 17.2 Å². The van der Waals surface area contributed by atoms with Crippen LogP contribution in [0.1, 0.15) is 26.0 Å². The Kier molecular flexibility index (Phi) is 8.06. The summed E-state index contributed by atoms with van der Waals surface area (Å²) in [6.45, 7) is -6.74. The normalized spacial score (nSPS) is 40.9. The first-order valence-electron chi connectivity index (χ1n) is 14.1. The highest BCUT2D eigenvalue weighted by atomic mass is 32.7. The molecule has 0 bridgehead atoms. The van der Waals surface area contributed by atoms with Gasteiger partial charge in [0.2, 0.25) is 0 Å². The number of nitrogens with zero attached hydrogens (tertiary/aromatic N) is 6. The summed E-state index contributed by atoms with van der Waals surface area (Å²) in [5.74, 6) is -1.15. The standard InChI is InChI=1S/C25H30FN7O8P2S2/c1-25(2-3-28-16(7-25)21(27)34)15-6-13-8-37-43(36,45)41-20-17(10-39-42(35,44)38-9-14(13)15)40-24(18(20)26)33-12-30-19-22-29-4-5-32(22)11-31-23(19)33/h2-5,11-15,17-18,20,24H,6-10H2,1H3,(H2,27,34)(H,35,44)(H,36,45)/t13-,14-,15-,17-,18-,20-,24-,25?,42+,43+/m1/s1. The summed E-state index contributed by atoms with van der Waals surface area (Å²) in [7, 11) is 0. The van der Waals surface area contributed by atoms with Gasteiger partial charge in [-0.3, -0.25) is 27.8 Å². The number of nitrogens with two attached hydrogens (primary N) is 1. The first kappa shape index (κ1) is 31.5. The second-order valence-corrected chi connectivity index (χ2v) is 17.6. The van der Waals surface area contributed by atoms with Crippen molar-refractivity contribution >= 4 is 66.5 Å². The molecule has 3 aromatic heterocycles. The molecule has 242 valence electrons. The lowest BCUT2D eigenvalue weighted by Crippen LogP contribution is -2.50. The molecule has 3 aliphatic heterocycles. The molecule has 0 spiro atoms. The number of alkyl halides is 1. The second kappa shape index (κ2) is 11.5. The number of hydrogen-bond donors (Lipinski definition) is 3. The predicted molar refractivity (Wildman–Crippen MR) is 165 cm³/mol. The van der Waals surface area contributed by atoms with E-state index in [4.69, 9.17) is 28.6 Å². The fraction of sp³-hybridized carbons (Fsp3) is 0.560. The lowest BCUT2D eigenvalue weighted by atomic mass is 9.53. The van der Waals surface area contributed by atoms with Crippen LogP contribution < -0.4 is 5.73 Å². The number of ether oxygens (including phenoxy) is 1. The van der Waals surface area contributed by atoms with Crippen LogP contribution >= 0.6 is 38.1 Å². The van der Waals surface area contributed by atoms with Gasteiger partial charge in [0.1, 0.15) is 24.2 Å². The van der Waals surface area contributed by atoms with Crippen LogP contribution in [0.5, 0.6) is 0 Å². The van der Waals surface area contributed by atoms with E-state index < -0.39 is 56.1 Å². The van der Waals surface area contributed by atoms with E-state index in [0.717, 1.165) is 0 Å². The van der Waals surface area contributed by atoms with Crippen molar-refractivity contribution < 1.29 is 41.1 Å². The number of aliphatic imine (C=N–C) groups is 1. The van der Waals surface area contributed by atoms with E-state index in [9.17, 15) is 13.9 Å². The summed E-state index contributed by atoms with van der Waals surface area (Å²) in [4.78, 5) is 28.9. The average Bonchev–Trinajstić information content (AvgIpc) is 3.68. The molecular weight excluding hydrogens is 671 g/mol. The van der Waals surface area contributed by atoms with Gasteiger partial charge in [0.25, 0.3) is 5.91 Å². The molecule has 20 heteroatoms. The number of imidazole rings is 2.